The quantitative estimate of drug-likeness (QED) is 0.685. The molecule has 114 valence electrons. The average molecular weight is 338 g/mol. The van der Waals surface area contributed by atoms with E-state index in [-0.39, 0.29) is 5.82 Å². The maximum absolute atomic E-state index is 13.9. The average Bonchev–Trinajstić information content (AvgIpc) is 3.02. The van der Waals surface area contributed by atoms with Gasteiger partial charge in [0.25, 0.3) is 0 Å². The molecule has 0 radical (unpaired) electrons. The molecule has 22 heavy (non-hydrogen) atoms. The van der Waals surface area contributed by atoms with E-state index in [4.69, 9.17) is 11.6 Å². The first-order valence-electron chi connectivity index (χ1n) is 6.51. The van der Waals surface area contributed by atoms with Gasteiger partial charge >= 0.3 is 0 Å². The van der Waals surface area contributed by atoms with Crippen molar-refractivity contribution < 1.29 is 4.39 Å². The molecule has 0 aliphatic heterocycles. The minimum Gasteiger partial charge on any atom is -0.322 e. The molecule has 0 aliphatic carbocycles. The predicted octanol–water partition coefficient (Wildman–Crippen LogP) is 3.30. The number of thioether (sulfide) groups is 1. The standard InChI is InChI=1S/C14H13ClFN5S/c1-20-11(15)7-17-12(20)8-22-14-19-18-13(21(14)2)9-5-3-4-6-10(9)16/h3-7H,8H2,1-2H3. The first-order valence-corrected chi connectivity index (χ1v) is 7.87. The molecule has 0 amide bonds. The summed E-state index contributed by atoms with van der Waals surface area (Å²) in [5, 5.41) is 9.49. The number of hydrogen-bond donors (Lipinski definition) is 0. The van der Waals surface area contributed by atoms with Gasteiger partial charge < -0.3 is 9.13 Å². The lowest BCUT2D eigenvalue weighted by molar-refractivity contribution is 0.628. The third-order valence-electron chi connectivity index (χ3n) is 3.31. The van der Waals surface area contributed by atoms with E-state index in [0.29, 0.717) is 27.5 Å². The molecule has 0 fully saturated rings. The van der Waals surface area contributed by atoms with Crippen LogP contribution in [-0.2, 0) is 19.8 Å². The van der Waals surface area contributed by atoms with E-state index in [1.807, 2.05) is 18.7 Å². The Hall–Kier alpha value is -1.86. The second-order valence-corrected chi connectivity index (χ2v) is 6.02. The van der Waals surface area contributed by atoms with Gasteiger partial charge in [-0.2, -0.15) is 0 Å². The van der Waals surface area contributed by atoms with Gasteiger partial charge in [0.2, 0.25) is 0 Å². The largest absolute Gasteiger partial charge is 0.322 e. The number of nitrogens with zero attached hydrogens (tertiary/aromatic N) is 5. The molecule has 8 heteroatoms. The molecule has 3 rings (SSSR count). The van der Waals surface area contributed by atoms with Gasteiger partial charge in [0.15, 0.2) is 11.0 Å². The summed E-state index contributed by atoms with van der Waals surface area (Å²) < 4.78 is 17.4. The molecule has 2 aromatic heterocycles. The van der Waals surface area contributed by atoms with E-state index in [0.717, 1.165) is 5.82 Å². The Balaban J connectivity index is 1.82. The molecule has 3 aromatic rings. The van der Waals surface area contributed by atoms with E-state index >= 15 is 0 Å². The second kappa shape index (κ2) is 6.10. The maximum atomic E-state index is 13.9. The molecule has 0 atom stereocenters. The van der Waals surface area contributed by atoms with Crippen molar-refractivity contribution in [1.82, 2.24) is 24.3 Å². The minimum absolute atomic E-state index is 0.314. The maximum Gasteiger partial charge on any atom is 0.191 e. The summed E-state index contributed by atoms with van der Waals surface area (Å²) in [6.07, 6.45) is 1.61. The molecule has 5 nitrogen and oxygen atoms in total. The van der Waals surface area contributed by atoms with Crippen molar-refractivity contribution >= 4 is 23.4 Å². The fourth-order valence-electron chi connectivity index (χ4n) is 2.01. The van der Waals surface area contributed by atoms with E-state index in [9.17, 15) is 4.39 Å². The zero-order valence-electron chi connectivity index (χ0n) is 12.0. The zero-order valence-corrected chi connectivity index (χ0v) is 13.6. The summed E-state index contributed by atoms with van der Waals surface area (Å²) >= 11 is 7.43. The zero-order chi connectivity index (χ0) is 15.7. The Bertz CT molecular complexity index is 813. The highest BCUT2D eigenvalue weighted by Gasteiger charge is 2.15. The monoisotopic (exact) mass is 337 g/mol. The molecule has 0 unspecified atom stereocenters. The number of benzene rings is 1. The van der Waals surface area contributed by atoms with Gasteiger partial charge in [0.05, 0.1) is 17.5 Å². The van der Waals surface area contributed by atoms with Crippen molar-refractivity contribution in [3.63, 3.8) is 0 Å². The molecule has 0 bridgehead atoms. The van der Waals surface area contributed by atoms with Crippen LogP contribution in [0.25, 0.3) is 11.4 Å². The van der Waals surface area contributed by atoms with Crippen LogP contribution in [0.15, 0.2) is 35.6 Å². The van der Waals surface area contributed by atoms with Gasteiger partial charge in [-0.1, -0.05) is 35.5 Å². The van der Waals surface area contributed by atoms with Crippen LogP contribution >= 0.6 is 23.4 Å². The van der Waals surface area contributed by atoms with Crippen LogP contribution in [0.5, 0.6) is 0 Å². The summed E-state index contributed by atoms with van der Waals surface area (Å²) in [4.78, 5) is 4.23. The van der Waals surface area contributed by atoms with Crippen LogP contribution in [0.3, 0.4) is 0 Å². The van der Waals surface area contributed by atoms with Gasteiger partial charge in [-0.25, -0.2) is 9.37 Å². The van der Waals surface area contributed by atoms with Crippen LogP contribution < -0.4 is 0 Å². The molecular formula is C14H13ClFN5S. The molecule has 0 spiro atoms. The normalized spacial score (nSPS) is 11.1. The minimum atomic E-state index is -0.314. The van der Waals surface area contributed by atoms with Crippen molar-refractivity contribution in [3.05, 3.63) is 47.3 Å². The number of hydrogen-bond acceptors (Lipinski definition) is 4. The molecule has 1 aromatic carbocycles. The van der Waals surface area contributed by atoms with Gasteiger partial charge in [0.1, 0.15) is 16.8 Å². The van der Waals surface area contributed by atoms with E-state index < -0.39 is 0 Å². The highest BCUT2D eigenvalue weighted by atomic mass is 35.5. The van der Waals surface area contributed by atoms with Crippen molar-refractivity contribution in [3.8, 4) is 11.4 Å². The third kappa shape index (κ3) is 2.74. The van der Waals surface area contributed by atoms with E-state index in [1.54, 1.807) is 29.0 Å². The summed E-state index contributed by atoms with van der Waals surface area (Å²) in [6, 6.07) is 6.52. The van der Waals surface area contributed by atoms with E-state index in [2.05, 4.69) is 15.2 Å². The Morgan fingerprint density at radius 1 is 1.18 bits per heavy atom. The molecular weight excluding hydrogens is 325 g/mol. The Morgan fingerprint density at radius 2 is 1.95 bits per heavy atom. The lowest BCUT2D eigenvalue weighted by Crippen LogP contribution is -1.99. The van der Waals surface area contributed by atoms with Crippen molar-refractivity contribution in [1.29, 1.82) is 0 Å². The number of aromatic nitrogens is 5. The number of rotatable bonds is 4. The number of halogens is 2. The first kappa shape index (κ1) is 15.1. The summed E-state index contributed by atoms with van der Waals surface area (Å²) in [5.41, 5.74) is 0.435. The Morgan fingerprint density at radius 3 is 2.64 bits per heavy atom. The smallest absolute Gasteiger partial charge is 0.191 e. The second-order valence-electron chi connectivity index (χ2n) is 4.69. The van der Waals surface area contributed by atoms with Gasteiger partial charge in [-0.15, -0.1) is 10.2 Å². The van der Waals surface area contributed by atoms with Crippen molar-refractivity contribution in [2.45, 2.75) is 10.9 Å². The Labute approximate surface area is 136 Å². The summed E-state index contributed by atoms with van der Waals surface area (Å²) in [7, 11) is 3.67. The van der Waals surface area contributed by atoms with Gasteiger partial charge in [0, 0.05) is 14.1 Å². The van der Waals surface area contributed by atoms with Crippen molar-refractivity contribution in [2.75, 3.05) is 0 Å². The van der Waals surface area contributed by atoms with Crippen LogP contribution in [0.1, 0.15) is 5.82 Å². The predicted molar refractivity (Wildman–Crippen MR) is 84.2 cm³/mol. The molecule has 2 heterocycles. The van der Waals surface area contributed by atoms with Crippen LogP contribution in [0.4, 0.5) is 4.39 Å². The molecule has 0 saturated carbocycles. The number of imidazole rings is 1. The van der Waals surface area contributed by atoms with Crippen LogP contribution in [0.2, 0.25) is 5.15 Å². The van der Waals surface area contributed by atoms with Gasteiger partial charge in [-0.05, 0) is 12.1 Å². The fraction of sp³-hybridized carbons (Fsp3) is 0.214. The summed E-state index contributed by atoms with van der Waals surface area (Å²) in [6.45, 7) is 0. The fourth-order valence-corrected chi connectivity index (χ4v) is 3.06. The van der Waals surface area contributed by atoms with E-state index in [1.165, 1.54) is 17.8 Å². The first-order chi connectivity index (χ1) is 10.6. The molecule has 0 aliphatic rings. The lowest BCUT2D eigenvalue weighted by atomic mass is 10.2. The topological polar surface area (TPSA) is 48.5 Å². The van der Waals surface area contributed by atoms with Crippen LogP contribution in [0, 0.1) is 5.82 Å². The SMILES string of the molecule is Cn1c(Cl)cnc1CSc1nnc(-c2ccccc2F)n1C. The van der Waals surface area contributed by atoms with Crippen LogP contribution in [-0.4, -0.2) is 24.3 Å². The molecule has 0 saturated heterocycles. The van der Waals surface area contributed by atoms with Gasteiger partial charge in [-0.3, -0.25) is 0 Å². The highest BCUT2D eigenvalue weighted by molar-refractivity contribution is 7.98. The lowest BCUT2D eigenvalue weighted by Gasteiger charge is -2.05. The highest BCUT2D eigenvalue weighted by Crippen LogP contribution is 2.26. The summed E-state index contributed by atoms with van der Waals surface area (Å²) in [5.74, 6) is 1.63. The third-order valence-corrected chi connectivity index (χ3v) is 4.68. The van der Waals surface area contributed by atoms with Crippen molar-refractivity contribution in [2.24, 2.45) is 14.1 Å². The Kier molecular flexibility index (Phi) is 4.17. The molecule has 0 N–H and O–H groups in total.